The van der Waals surface area contributed by atoms with Gasteiger partial charge in [0.1, 0.15) is 5.82 Å². The SMILES string of the molecule is COc1ccc(C(c2nnnn2Cc2ccc(F)cc2)N2CCN(C3CCCC3)CC2)cc1OC. The second-order valence-electron chi connectivity index (χ2n) is 9.35. The molecule has 1 aliphatic heterocycles. The number of hydrogen-bond donors (Lipinski definition) is 0. The van der Waals surface area contributed by atoms with Gasteiger partial charge in [-0.3, -0.25) is 9.80 Å². The largest absolute Gasteiger partial charge is 0.493 e. The van der Waals surface area contributed by atoms with Crippen LogP contribution in [0.1, 0.15) is 48.7 Å². The van der Waals surface area contributed by atoms with E-state index in [-0.39, 0.29) is 11.9 Å². The van der Waals surface area contributed by atoms with Crippen molar-refractivity contribution in [2.45, 2.75) is 44.3 Å². The zero-order valence-corrected chi connectivity index (χ0v) is 20.4. The monoisotopic (exact) mass is 480 g/mol. The Morgan fingerprint density at radius 1 is 0.943 bits per heavy atom. The molecule has 0 radical (unpaired) electrons. The van der Waals surface area contributed by atoms with Crippen LogP contribution in [0.3, 0.4) is 0 Å². The first kappa shape index (κ1) is 23.7. The van der Waals surface area contributed by atoms with Gasteiger partial charge in [-0.05, 0) is 58.7 Å². The smallest absolute Gasteiger partial charge is 0.173 e. The van der Waals surface area contributed by atoms with Crippen molar-refractivity contribution >= 4 is 0 Å². The molecule has 0 bridgehead atoms. The Labute approximate surface area is 205 Å². The van der Waals surface area contributed by atoms with Crippen molar-refractivity contribution in [1.82, 2.24) is 30.0 Å². The molecule has 1 saturated carbocycles. The minimum Gasteiger partial charge on any atom is -0.493 e. The fourth-order valence-electron chi connectivity index (χ4n) is 5.46. The number of benzene rings is 2. The Bertz CT molecular complexity index is 1110. The lowest BCUT2D eigenvalue weighted by Gasteiger charge is -2.41. The molecule has 8 nitrogen and oxygen atoms in total. The average Bonchev–Trinajstić information content (AvgIpc) is 3.59. The number of halogens is 1. The number of methoxy groups -OCH3 is 2. The maximum absolute atomic E-state index is 13.4. The van der Waals surface area contributed by atoms with E-state index in [2.05, 4.69) is 31.4 Å². The van der Waals surface area contributed by atoms with Crippen molar-refractivity contribution in [2.75, 3.05) is 40.4 Å². The summed E-state index contributed by atoms with van der Waals surface area (Å²) in [6.07, 6.45) is 5.32. The summed E-state index contributed by atoms with van der Waals surface area (Å²) >= 11 is 0. The Morgan fingerprint density at radius 2 is 1.66 bits per heavy atom. The van der Waals surface area contributed by atoms with Crippen molar-refractivity contribution in [3.63, 3.8) is 0 Å². The molecule has 0 spiro atoms. The summed E-state index contributed by atoms with van der Waals surface area (Å²) in [5, 5.41) is 12.8. The molecule has 1 unspecified atom stereocenters. The first-order chi connectivity index (χ1) is 17.2. The number of aromatic nitrogens is 4. The van der Waals surface area contributed by atoms with Gasteiger partial charge in [0.15, 0.2) is 17.3 Å². The van der Waals surface area contributed by atoms with E-state index >= 15 is 0 Å². The minimum atomic E-state index is -0.256. The standard InChI is InChI=1S/C26H33FN6O2/c1-34-23-12-9-20(17-24(23)35-2)25(32-15-13-31(14-16-32)22-5-3-4-6-22)26-28-29-30-33(26)18-19-7-10-21(27)11-8-19/h7-12,17,22,25H,3-6,13-16,18H2,1-2H3. The van der Waals surface area contributed by atoms with Gasteiger partial charge in [0, 0.05) is 32.2 Å². The summed E-state index contributed by atoms with van der Waals surface area (Å²) in [5.41, 5.74) is 1.99. The van der Waals surface area contributed by atoms with Crippen LogP contribution in [0.4, 0.5) is 4.39 Å². The van der Waals surface area contributed by atoms with Crippen molar-refractivity contribution in [3.8, 4) is 11.5 Å². The molecular weight excluding hydrogens is 447 g/mol. The van der Waals surface area contributed by atoms with Crippen LogP contribution in [0.2, 0.25) is 0 Å². The highest BCUT2D eigenvalue weighted by Gasteiger charge is 2.33. The van der Waals surface area contributed by atoms with Crippen LogP contribution in [0.15, 0.2) is 42.5 Å². The molecule has 0 N–H and O–H groups in total. The van der Waals surface area contributed by atoms with Gasteiger partial charge in [-0.25, -0.2) is 9.07 Å². The maximum Gasteiger partial charge on any atom is 0.173 e. The van der Waals surface area contributed by atoms with Crippen LogP contribution in [0.25, 0.3) is 0 Å². The molecule has 186 valence electrons. The molecule has 3 aromatic rings. The Morgan fingerprint density at radius 3 is 2.34 bits per heavy atom. The van der Waals surface area contributed by atoms with Gasteiger partial charge in [0.2, 0.25) is 0 Å². The van der Waals surface area contributed by atoms with E-state index in [1.165, 1.54) is 37.8 Å². The number of piperazine rings is 1. The molecule has 1 aromatic heterocycles. The van der Waals surface area contributed by atoms with Crippen LogP contribution >= 0.6 is 0 Å². The average molecular weight is 481 g/mol. The van der Waals surface area contributed by atoms with Crippen LogP contribution < -0.4 is 9.47 Å². The lowest BCUT2D eigenvalue weighted by atomic mass is 10.0. The minimum absolute atomic E-state index is 0.143. The number of hydrogen-bond acceptors (Lipinski definition) is 7. The van der Waals surface area contributed by atoms with Gasteiger partial charge in [-0.2, -0.15) is 0 Å². The second kappa shape index (κ2) is 10.7. The molecule has 2 aliphatic rings. The maximum atomic E-state index is 13.4. The first-order valence-electron chi connectivity index (χ1n) is 12.4. The summed E-state index contributed by atoms with van der Waals surface area (Å²) in [5.74, 6) is 1.87. The highest BCUT2D eigenvalue weighted by atomic mass is 19.1. The molecular formula is C26H33FN6O2. The van der Waals surface area contributed by atoms with Gasteiger partial charge in [0.25, 0.3) is 0 Å². The van der Waals surface area contributed by atoms with Crippen LogP contribution in [0, 0.1) is 5.82 Å². The van der Waals surface area contributed by atoms with Gasteiger partial charge < -0.3 is 9.47 Å². The van der Waals surface area contributed by atoms with E-state index in [9.17, 15) is 4.39 Å². The lowest BCUT2D eigenvalue weighted by Crippen LogP contribution is -2.51. The molecule has 1 atom stereocenters. The fraction of sp³-hybridized carbons (Fsp3) is 0.500. The summed E-state index contributed by atoms with van der Waals surface area (Å²) in [4.78, 5) is 5.11. The molecule has 9 heteroatoms. The third-order valence-electron chi connectivity index (χ3n) is 7.33. The van der Waals surface area contributed by atoms with E-state index in [4.69, 9.17) is 9.47 Å². The normalized spacial score (nSPS) is 18.6. The fourth-order valence-corrected chi connectivity index (χ4v) is 5.46. The van der Waals surface area contributed by atoms with E-state index in [0.29, 0.717) is 18.0 Å². The van der Waals surface area contributed by atoms with Crippen molar-refractivity contribution in [3.05, 3.63) is 65.2 Å². The quantitative estimate of drug-likeness (QED) is 0.489. The Kier molecular flexibility index (Phi) is 7.24. The first-order valence-corrected chi connectivity index (χ1v) is 12.4. The number of rotatable bonds is 8. The van der Waals surface area contributed by atoms with E-state index in [0.717, 1.165) is 49.2 Å². The van der Waals surface area contributed by atoms with Crippen molar-refractivity contribution < 1.29 is 13.9 Å². The number of tetrazole rings is 1. The summed E-state index contributed by atoms with van der Waals surface area (Å²) in [6.45, 7) is 4.40. The molecule has 35 heavy (non-hydrogen) atoms. The Balaban J connectivity index is 1.45. The van der Waals surface area contributed by atoms with Crippen molar-refractivity contribution in [1.29, 1.82) is 0 Å². The molecule has 1 saturated heterocycles. The molecule has 5 rings (SSSR count). The van der Waals surface area contributed by atoms with Gasteiger partial charge in [-0.15, -0.1) is 5.10 Å². The third-order valence-corrected chi connectivity index (χ3v) is 7.33. The Hall–Kier alpha value is -3.04. The summed E-state index contributed by atoms with van der Waals surface area (Å²) < 4.78 is 26.3. The van der Waals surface area contributed by atoms with E-state index < -0.39 is 0 Å². The summed E-state index contributed by atoms with van der Waals surface area (Å²) in [7, 11) is 3.29. The lowest BCUT2D eigenvalue weighted by molar-refractivity contribution is 0.0770. The second-order valence-corrected chi connectivity index (χ2v) is 9.35. The molecule has 2 fully saturated rings. The van der Waals surface area contributed by atoms with E-state index in [1.807, 2.05) is 16.8 Å². The van der Waals surface area contributed by atoms with Crippen LogP contribution in [-0.4, -0.2) is 76.4 Å². The third kappa shape index (κ3) is 5.16. The predicted octanol–water partition coefficient (Wildman–Crippen LogP) is 3.53. The zero-order chi connectivity index (χ0) is 24.2. The summed E-state index contributed by atoms with van der Waals surface area (Å²) in [6, 6.07) is 13.1. The van der Waals surface area contributed by atoms with Gasteiger partial charge in [0.05, 0.1) is 26.8 Å². The van der Waals surface area contributed by atoms with Gasteiger partial charge in [-0.1, -0.05) is 31.0 Å². The molecule has 2 heterocycles. The number of ether oxygens (including phenoxy) is 2. The van der Waals surface area contributed by atoms with Crippen LogP contribution in [0.5, 0.6) is 11.5 Å². The molecule has 0 amide bonds. The van der Waals surface area contributed by atoms with Crippen LogP contribution in [-0.2, 0) is 6.54 Å². The highest BCUT2D eigenvalue weighted by Crippen LogP contribution is 2.35. The zero-order valence-electron chi connectivity index (χ0n) is 20.4. The number of nitrogens with zero attached hydrogens (tertiary/aromatic N) is 6. The topological polar surface area (TPSA) is 68.5 Å². The molecule has 1 aliphatic carbocycles. The predicted molar refractivity (Wildman–Crippen MR) is 130 cm³/mol. The highest BCUT2D eigenvalue weighted by molar-refractivity contribution is 5.45. The van der Waals surface area contributed by atoms with Gasteiger partial charge >= 0.3 is 0 Å². The van der Waals surface area contributed by atoms with E-state index in [1.54, 1.807) is 26.4 Å². The molecule has 2 aromatic carbocycles. The van der Waals surface area contributed by atoms with Crippen molar-refractivity contribution in [2.24, 2.45) is 0 Å².